The van der Waals surface area contributed by atoms with Gasteiger partial charge in [-0.2, -0.15) is 0 Å². The summed E-state index contributed by atoms with van der Waals surface area (Å²) in [5, 5.41) is 3.15. The van der Waals surface area contributed by atoms with Crippen LogP contribution in [0.25, 0.3) is 0 Å². The Balaban J connectivity index is 2.68. The van der Waals surface area contributed by atoms with Crippen LogP contribution in [0, 0.1) is 0 Å². The second kappa shape index (κ2) is 7.61. The van der Waals surface area contributed by atoms with Crippen molar-refractivity contribution in [1.82, 2.24) is 10.0 Å². The zero-order valence-corrected chi connectivity index (χ0v) is 13.3. The van der Waals surface area contributed by atoms with Crippen molar-refractivity contribution in [2.24, 2.45) is 0 Å². The van der Waals surface area contributed by atoms with Crippen molar-refractivity contribution in [2.45, 2.75) is 44.7 Å². The van der Waals surface area contributed by atoms with Crippen molar-refractivity contribution in [2.75, 3.05) is 13.1 Å². The monoisotopic (exact) mass is 300 g/mol. The maximum absolute atomic E-state index is 12.1. The second-order valence-electron chi connectivity index (χ2n) is 4.95. The topological polar surface area (TPSA) is 67.4 Å². The first-order valence-electron chi connectivity index (χ1n) is 6.85. The zero-order valence-electron chi connectivity index (χ0n) is 12.5. The van der Waals surface area contributed by atoms with E-state index in [4.69, 9.17) is 4.74 Å². The Bertz CT molecular complexity index is 498. The summed E-state index contributed by atoms with van der Waals surface area (Å²) < 4.78 is 32.3. The van der Waals surface area contributed by atoms with Crippen molar-refractivity contribution < 1.29 is 13.2 Å². The highest BCUT2D eigenvalue weighted by Gasteiger charge is 2.15. The van der Waals surface area contributed by atoms with E-state index in [2.05, 4.69) is 10.0 Å². The molecule has 0 aliphatic rings. The third-order valence-electron chi connectivity index (χ3n) is 2.64. The van der Waals surface area contributed by atoms with E-state index < -0.39 is 10.0 Å². The summed E-state index contributed by atoms with van der Waals surface area (Å²) in [4.78, 5) is 0.248. The fourth-order valence-electron chi connectivity index (χ4n) is 1.71. The van der Waals surface area contributed by atoms with Gasteiger partial charge in [-0.1, -0.05) is 6.92 Å². The smallest absolute Gasteiger partial charge is 0.240 e. The lowest BCUT2D eigenvalue weighted by atomic mass is 10.3. The minimum atomic E-state index is -3.46. The van der Waals surface area contributed by atoms with Gasteiger partial charge >= 0.3 is 0 Å². The van der Waals surface area contributed by atoms with Crippen LogP contribution in [0.2, 0.25) is 0 Å². The van der Waals surface area contributed by atoms with Crippen LogP contribution >= 0.6 is 0 Å². The molecule has 0 saturated carbocycles. The normalized spacial score (nSPS) is 13.4. The lowest BCUT2D eigenvalue weighted by molar-refractivity contribution is 0.242. The van der Waals surface area contributed by atoms with Crippen LogP contribution in [-0.2, 0) is 10.0 Å². The van der Waals surface area contributed by atoms with Gasteiger partial charge in [-0.15, -0.1) is 0 Å². The van der Waals surface area contributed by atoms with Gasteiger partial charge in [0.25, 0.3) is 0 Å². The van der Waals surface area contributed by atoms with Crippen LogP contribution in [0.1, 0.15) is 27.7 Å². The molecule has 0 unspecified atom stereocenters. The summed E-state index contributed by atoms with van der Waals surface area (Å²) in [6, 6.07) is 6.54. The van der Waals surface area contributed by atoms with Crippen molar-refractivity contribution in [3.05, 3.63) is 24.3 Å². The average molecular weight is 300 g/mol. The fraction of sp³-hybridized carbons (Fsp3) is 0.571. The lowest BCUT2D eigenvalue weighted by Gasteiger charge is -2.14. The Hall–Kier alpha value is -1.11. The summed E-state index contributed by atoms with van der Waals surface area (Å²) in [5.74, 6) is 0.667. The number of nitrogens with one attached hydrogen (secondary N) is 2. The number of hydrogen-bond acceptors (Lipinski definition) is 4. The largest absolute Gasteiger partial charge is 0.491 e. The van der Waals surface area contributed by atoms with E-state index in [1.54, 1.807) is 24.3 Å². The van der Waals surface area contributed by atoms with Gasteiger partial charge in [0.15, 0.2) is 0 Å². The van der Waals surface area contributed by atoms with Crippen molar-refractivity contribution in [3.63, 3.8) is 0 Å². The molecule has 1 aromatic carbocycles. The van der Waals surface area contributed by atoms with Gasteiger partial charge in [0.2, 0.25) is 10.0 Å². The van der Waals surface area contributed by atoms with Gasteiger partial charge in [-0.05, 0) is 51.6 Å². The number of rotatable bonds is 8. The zero-order chi connectivity index (χ0) is 15.2. The van der Waals surface area contributed by atoms with Crippen LogP contribution in [0.15, 0.2) is 29.2 Å². The van der Waals surface area contributed by atoms with Crippen LogP contribution in [0.4, 0.5) is 0 Å². The SMILES string of the molecule is CCN[C@H](C)CNS(=O)(=O)c1ccc(OC(C)C)cc1. The molecule has 0 aliphatic carbocycles. The molecular weight excluding hydrogens is 276 g/mol. The predicted molar refractivity (Wildman–Crippen MR) is 80.5 cm³/mol. The molecule has 114 valence electrons. The standard InChI is InChI=1S/C14H24N2O3S/c1-5-15-12(4)10-16-20(17,18)14-8-6-13(7-9-14)19-11(2)3/h6-9,11-12,15-16H,5,10H2,1-4H3/t12-/m1/s1. The molecule has 0 fully saturated rings. The Kier molecular flexibility index (Phi) is 6.45. The molecule has 6 heteroatoms. The maximum atomic E-state index is 12.1. The van der Waals surface area contributed by atoms with Crippen molar-refractivity contribution in [1.29, 1.82) is 0 Å². The van der Waals surface area contributed by atoms with E-state index in [0.29, 0.717) is 12.3 Å². The summed E-state index contributed by atoms with van der Waals surface area (Å²) in [6.45, 7) is 8.94. The molecule has 0 amide bonds. The number of ether oxygens (including phenoxy) is 1. The van der Waals surface area contributed by atoms with E-state index >= 15 is 0 Å². The minimum absolute atomic E-state index is 0.0662. The second-order valence-corrected chi connectivity index (χ2v) is 6.72. The van der Waals surface area contributed by atoms with Crippen molar-refractivity contribution >= 4 is 10.0 Å². The third kappa shape index (κ3) is 5.48. The Morgan fingerprint density at radius 3 is 2.25 bits per heavy atom. The number of hydrogen-bond donors (Lipinski definition) is 2. The Morgan fingerprint density at radius 2 is 1.75 bits per heavy atom. The molecule has 0 spiro atoms. The van der Waals surface area contributed by atoms with Gasteiger partial charge in [0.1, 0.15) is 5.75 Å². The Labute approximate surface area is 121 Å². The molecule has 2 N–H and O–H groups in total. The summed E-state index contributed by atoms with van der Waals surface area (Å²) >= 11 is 0. The summed E-state index contributed by atoms with van der Waals surface area (Å²) in [7, 11) is -3.46. The van der Waals surface area contributed by atoms with E-state index in [1.165, 1.54) is 0 Å². The third-order valence-corrected chi connectivity index (χ3v) is 4.08. The predicted octanol–water partition coefficient (Wildman–Crippen LogP) is 1.75. The van der Waals surface area contributed by atoms with E-state index in [1.807, 2.05) is 27.7 Å². The minimum Gasteiger partial charge on any atom is -0.491 e. The highest BCUT2D eigenvalue weighted by atomic mass is 32.2. The van der Waals surface area contributed by atoms with Crippen molar-refractivity contribution in [3.8, 4) is 5.75 Å². The van der Waals surface area contributed by atoms with Crippen LogP contribution < -0.4 is 14.8 Å². The fourth-order valence-corrected chi connectivity index (χ4v) is 2.84. The maximum Gasteiger partial charge on any atom is 0.240 e. The quantitative estimate of drug-likeness (QED) is 0.767. The van der Waals surface area contributed by atoms with Crippen LogP contribution in [0.3, 0.4) is 0 Å². The molecule has 0 radical (unpaired) electrons. The number of likely N-dealkylation sites (N-methyl/N-ethyl adjacent to an activating group) is 1. The number of sulfonamides is 1. The molecule has 1 rings (SSSR count). The van der Waals surface area contributed by atoms with Gasteiger partial charge < -0.3 is 10.1 Å². The highest BCUT2D eigenvalue weighted by molar-refractivity contribution is 7.89. The van der Waals surface area contributed by atoms with E-state index in [-0.39, 0.29) is 17.0 Å². The molecule has 0 aliphatic heterocycles. The molecule has 0 heterocycles. The van der Waals surface area contributed by atoms with E-state index in [0.717, 1.165) is 6.54 Å². The molecule has 0 saturated heterocycles. The molecule has 1 aromatic rings. The van der Waals surface area contributed by atoms with E-state index in [9.17, 15) is 8.42 Å². The summed E-state index contributed by atoms with van der Waals surface area (Å²) in [5.41, 5.74) is 0. The Morgan fingerprint density at radius 1 is 1.15 bits per heavy atom. The first-order chi connectivity index (χ1) is 9.35. The first-order valence-corrected chi connectivity index (χ1v) is 8.33. The summed E-state index contributed by atoms with van der Waals surface area (Å²) in [6.07, 6.45) is 0.0662. The molecular formula is C14H24N2O3S. The van der Waals surface area contributed by atoms with Crippen LogP contribution in [-0.4, -0.2) is 33.7 Å². The molecule has 1 atom stereocenters. The lowest BCUT2D eigenvalue weighted by Crippen LogP contribution is -2.38. The molecule has 5 nitrogen and oxygen atoms in total. The number of benzene rings is 1. The van der Waals surface area contributed by atoms with Gasteiger partial charge in [-0.3, -0.25) is 0 Å². The highest BCUT2D eigenvalue weighted by Crippen LogP contribution is 2.16. The van der Waals surface area contributed by atoms with Gasteiger partial charge in [-0.25, -0.2) is 13.1 Å². The van der Waals surface area contributed by atoms with Crippen LogP contribution in [0.5, 0.6) is 5.75 Å². The van der Waals surface area contributed by atoms with Gasteiger partial charge in [0, 0.05) is 12.6 Å². The average Bonchev–Trinajstić information content (AvgIpc) is 2.37. The molecule has 0 bridgehead atoms. The van der Waals surface area contributed by atoms with Gasteiger partial charge in [0.05, 0.1) is 11.0 Å². The first kappa shape index (κ1) is 16.9. The molecule has 0 aromatic heterocycles. The molecule has 20 heavy (non-hydrogen) atoms.